The molecular formula is C16H22N2O2. The zero-order chi connectivity index (χ0) is 14.7. The van der Waals surface area contributed by atoms with E-state index < -0.39 is 0 Å². The Morgan fingerprint density at radius 3 is 2.75 bits per heavy atom. The van der Waals surface area contributed by atoms with E-state index in [1.54, 1.807) is 4.90 Å². The number of aryl methyl sites for hydroxylation is 2. The maximum Gasteiger partial charge on any atom is 0.229 e. The first-order chi connectivity index (χ1) is 9.51. The Hall–Kier alpha value is -1.84. The third kappa shape index (κ3) is 3.18. The van der Waals surface area contributed by atoms with Gasteiger partial charge in [-0.15, -0.1) is 0 Å². The molecule has 0 bridgehead atoms. The van der Waals surface area contributed by atoms with Crippen LogP contribution in [0.5, 0.6) is 0 Å². The lowest BCUT2D eigenvalue weighted by Gasteiger charge is -2.18. The molecule has 1 aromatic rings. The summed E-state index contributed by atoms with van der Waals surface area (Å²) in [6.45, 7) is 6.64. The summed E-state index contributed by atoms with van der Waals surface area (Å²) in [6, 6.07) is 5.96. The fourth-order valence-corrected chi connectivity index (χ4v) is 2.47. The van der Waals surface area contributed by atoms with Gasteiger partial charge in [-0.2, -0.15) is 0 Å². The lowest BCUT2D eigenvalue weighted by Crippen LogP contribution is -2.36. The average Bonchev–Trinajstić information content (AvgIpc) is 2.74. The lowest BCUT2D eigenvalue weighted by atomic mass is 10.1. The third-order valence-electron chi connectivity index (χ3n) is 3.77. The summed E-state index contributed by atoms with van der Waals surface area (Å²) in [6.07, 6.45) is 1.74. The molecule has 108 valence electrons. The largest absolute Gasteiger partial charge is 0.351 e. The fourth-order valence-electron chi connectivity index (χ4n) is 2.47. The number of nitrogens with one attached hydrogen (secondary N) is 1. The van der Waals surface area contributed by atoms with Gasteiger partial charge in [-0.3, -0.25) is 9.59 Å². The number of carbonyl (C=O) groups excluding carboxylic acids is 2. The van der Waals surface area contributed by atoms with E-state index in [2.05, 4.69) is 12.2 Å². The molecule has 0 unspecified atom stereocenters. The number of amides is 2. The first-order valence-electron chi connectivity index (χ1n) is 7.18. The van der Waals surface area contributed by atoms with Crippen LogP contribution in [0.3, 0.4) is 0 Å². The van der Waals surface area contributed by atoms with Crippen molar-refractivity contribution < 1.29 is 9.59 Å². The van der Waals surface area contributed by atoms with E-state index >= 15 is 0 Å². The summed E-state index contributed by atoms with van der Waals surface area (Å²) in [5, 5.41) is 2.93. The van der Waals surface area contributed by atoms with Crippen molar-refractivity contribution in [3.63, 3.8) is 0 Å². The number of hydrogen-bond acceptors (Lipinski definition) is 2. The second-order valence-corrected chi connectivity index (χ2v) is 5.49. The van der Waals surface area contributed by atoms with Gasteiger partial charge in [-0.05, 0) is 43.5 Å². The van der Waals surface area contributed by atoms with Crippen molar-refractivity contribution in [2.75, 3.05) is 11.4 Å². The Bertz CT molecular complexity index is 525. The molecule has 1 aliphatic heterocycles. The van der Waals surface area contributed by atoms with Crippen LogP contribution in [0, 0.1) is 13.8 Å². The smallest absolute Gasteiger partial charge is 0.229 e. The number of anilines is 1. The van der Waals surface area contributed by atoms with Crippen LogP contribution in [0.2, 0.25) is 0 Å². The highest BCUT2D eigenvalue weighted by Gasteiger charge is 2.31. The van der Waals surface area contributed by atoms with Crippen molar-refractivity contribution in [3.8, 4) is 0 Å². The second kappa shape index (κ2) is 6.07. The fraction of sp³-hybridized carbons (Fsp3) is 0.500. The molecule has 1 N–H and O–H groups in total. The third-order valence-corrected chi connectivity index (χ3v) is 3.77. The highest BCUT2D eigenvalue weighted by molar-refractivity contribution is 5.97. The molecule has 1 saturated heterocycles. The molecule has 0 radical (unpaired) electrons. The number of carbonyl (C=O) groups is 2. The van der Waals surface area contributed by atoms with Gasteiger partial charge in [0.25, 0.3) is 0 Å². The van der Waals surface area contributed by atoms with Crippen LogP contribution < -0.4 is 10.2 Å². The first kappa shape index (κ1) is 14.6. The second-order valence-electron chi connectivity index (χ2n) is 5.49. The molecule has 1 heterocycles. The molecule has 0 aliphatic carbocycles. The number of benzene rings is 1. The predicted molar refractivity (Wildman–Crippen MR) is 79.7 cm³/mol. The Morgan fingerprint density at radius 1 is 1.35 bits per heavy atom. The molecule has 1 aliphatic rings. The standard InChI is InChI=1S/C16H22N2O2/c1-4-5-15(19)17-13-9-16(20)18(10-13)14-7-6-11(2)12(3)8-14/h6-8,13H,4-5,9-10H2,1-3H3,(H,17,19)/t13-/m1/s1. The Kier molecular flexibility index (Phi) is 4.42. The zero-order valence-corrected chi connectivity index (χ0v) is 12.4. The quantitative estimate of drug-likeness (QED) is 0.916. The molecule has 4 nitrogen and oxygen atoms in total. The molecule has 20 heavy (non-hydrogen) atoms. The van der Waals surface area contributed by atoms with Gasteiger partial charge in [0.05, 0.1) is 6.04 Å². The minimum atomic E-state index is -0.0665. The summed E-state index contributed by atoms with van der Waals surface area (Å²) in [5.74, 6) is 0.113. The van der Waals surface area contributed by atoms with Crippen molar-refractivity contribution >= 4 is 17.5 Å². The van der Waals surface area contributed by atoms with Gasteiger partial charge < -0.3 is 10.2 Å². The molecule has 2 rings (SSSR count). The van der Waals surface area contributed by atoms with Gasteiger partial charge in [0.15, 0.2) is 0 Å². The maximum atomic E-state index is 12.1. The van der Waals surface area contributed by atoms with Crippen molar-refractivity contribution in [2.24, 2.45) is 0 Å². The van der Waals surface area contributed by atoms with Gasteiger partial charge in [0.2, 0.25) is 11.8 Å². The average molecular weight is 274 g/mol. The molecule has 1 atom stereocenters. The van der Waals surface area contributed by atoms with E-state index in [-0.39, 0.29) is 17.9 Å². The summed E-state index contributed by atoms with van der Waals surface area (Å²) in [7, 11) is 0. The maximum absolute atomic E-state index is 12.1. The van der Waals surface area contributed by atoms with Gasteiger partial charge in [-0.1, -0.05) is 13.0 Å². The van der Waals surface area contributed by atoms with E-state index in [0.717, 1.165) is 12.1 Å². The van der Waals surface area contributed by atoms with E-state index in [4.69, 9.17) is 0 Å². The summed E-state index contributed by atoms with van der Waals surface area (Å²) < 4.78 is 0. The van der Waals surface area contributed by atoms with Crippen LogP contribution in [0.1, 0.15) is 37.3 Å². The van der Waals surface area contributed by atoms with Crippen molar-refractivity contribution in [2.45, 2.75) is 46.1 Å². The molecule has 4 heteroatoms. The van der Waals surface area contributed by atoms with Crippen LogP contribution >= 0.6 is 0 Å². The molecule has 0 saturated carbocycles. The van der Waals surface area contributed by atoms with Crippen LogP contribution in [-0.4, -0.2) is 24.4 Å². The van der Waals surface area contributed by atoms with Crippen LogP contribution in [0.4, 0.5) is 5.69 Å². The van der Waals surface area contributed by atoms with Crippen molar-refractivity contribution in [1.82, 2.24) is 5.32 Å². The SMILES string of the molecule is CCCC(=O)N[C@@H]1CC(=O)N(c2ccc(C)c(C)c2)C1. The zero-order valence-electron chi connectivity index (χ0n) is 12.4. The van der Waals surface area contributed by atoms with Crippen molar-refractivity contribution in [3.05, 3.63) is 29.3 Å². The summed E-state index contributed by atoms with van der Waals surface area (Å²) in [5.41, 5.74) is 3.31. The lowest BCUT2D eigenvalue weighted by molar-refractivity contribution is -0.121. The Balaban J connectivity index is 2.05. The topological polar surface area (TPSA) is 49.4 Å². The minimum Gasteiger partial charge on any atom is -0.351 e. The van der Waals surface area contributed by atoms with Gasteiger partial charge in [-0.25, -0.2) is 0 Å². The van der Waals surface area contributed by atoms with Crippen LogP contribution in [0.25, 0.3) is 0 Å². The van der Waals surface area contributed by atoms with E-state index in [1.165, 1.54) is 11.1 Å². The number of hydrogen-bond donors (Lipinski definition) is 1. The summed E-state index contributed by atoms with van der Waals surface area (Å²) in [4.78, 5) is 25.5. The van der Waals surface area contributed by atoms with Gasteiger partial charge in [0.1, 0.15) is 0 Å². The number of rotatable bonds is 4. The minimum absolute atomic E-state index is 0.0345. The highest BCUT2D eigenvalue weighted by Crippen LogP contribution is 2.24. The van der Waals surface area contributed by atoms with Gasteiger partial charge in [0, 0.05) is 25.1 Å². The Labute approximate surface area is 120 Å². The molecule has 1 aromatic carbocycles. The highest BCUT2D eigenvalue weighted by atomic mass is 16.2. The van der Waals surface area contributed by atoms with Crippen molar-refractivity contribution in [1.29, 1.82) is 0 Å². The van der Waals surface area contributed by atoms with Crippen LogP contribution in [-0.2, 0) is 9.59 Å². The van der Waals surface area contributed by atoms with E-state index in [9.17, 15) is 9.59 Å². The Morgan fingerprint density at radius 2 is 2.10 bits per heavy atom. The normalized spacial score (nSPS) is 18.4. The number of nitrogens with zero attached hydrogens (tertiary/aromatic N) is 1. The molecule has 0 aromatic heterocycles. The predicted octanol–water partition coefficient (Wildman–Crippen LogP) is 2.33. The monoisotopic (exact) mass is 274 g/mol. The summed E-state index contributed by atoms with van der Waals surface area (Å²) >= 11 is 0. The van der Waals surface area contributed by atoms with Crippen LogP contribution in [0.15, 0.2) is 18.2 Å². The van der Waals surface area contributed by atoms with E-state index in [1.807, 2.05) is 32.0 Å². The molecular weight excluding hydrogens is 252 g/mol. The molecule has 2 amide bonds. The molecule has 0 spiro atoms. The molecule has 1 fully saturated rings. The van der Waals surface area contributed by atoms with Gasteiger partial charge >= 0.3 is 0 Å². The first-order valence-corrected chi connectivity index (χ1v) is 7.18. The van der Waals surface area contributed by atoms with E-state index in [0.29, 0.717) is 19.4 Å².